The maximum absolute atomic E-state index is 11.7. The minimum atomic E-state index is -0.0430. The van der Waals surface area contributed by atoms with Gasteiger partial charge in [-0.05, 0) is 30.9 Å². The molecule has 3 rings (SSSR count). The summed E-state index contributed by atoms with van der Waals surface area (Å²) in [5, 5.41) is 13.4. The summed E-state index contributed by atoms with van der Waals surface area (Å²) in [6.07, 6.45) is 2.70. The van der Waals surface area contributed by atoms with Gasteiger partial charge in [-0.25, -0.2) is 0 Å². The highest BCUT2D eigenvalue weighted by Crippen LogP contribution is 2.35. The Hall–Kier alpha value is -1.49. The zero-order chi connectivity index (χ0) is 11.1. The van der Waals surface area contributed by atoms with Crippen LogP contribution in [-0.4, -0.2) is 21.8 Å². The summed E-state index contributed by atoms with van der Waals surface area (Å²) in [6.45, 7) is 0. The van der Waals surface area contributed by atoms with Crippen molar-refractivity contribution in [3.05, 3.63) is 17.3 Å². The van der Waals surface area contributed by atoms with E-state index >= 15 is 0 Å². The Kier molecular flexibility index (Phi) is 2.14. The number of hydrogen-bond donors (Lipinski definition) is 0. The monoisotopic (exact) mass is 236 g/mol. The fraction of sp³-hybridized carbons (Fsp3) is 0.400. The lowest BCUT2D eigenvalue weighted by Gasteiger charge is -2.08. The molecule has 16 heavy (non-hydrogen) atoms. The van der Waals surface area contributed by atoms with Gasteiger partial charge < -0.3 is 0 Å². The normalized spacial score (nSPS) is 20.2. The molecular formula is C10H9ClN4O. The van der Waals surface area contributed by atoms with Crippen molar-refractivity contribution in [2.45, 2.75) is 19.3 Å². The molecule has 1 aromatic rings. The van der Waals surface area contributed by atoms with Gasteiger partial charge in [-0.1, -0.05) is 11.6 Å². The molecule has 2 aliphatic rings. The first-order chi connectivity index (χ1) is 7.74. The zero-order valence-corrected chi connectivity index (χ0v) is 9.18. The molecule has 6 heteroatoms. The van der Waals surface area contributed by atoms with Crippen molar-refractivity contribution < 1.29 is 4.79 Å². The third-order valence-electron chi connectivity index (χ3n) is 2.68. The highest BCUT2D eigenvalue weighted by molar-refractivity contribution is 6.29. The lowest BCUT2D eigenvalue weighted by Crippen LogP contribution is -2.20. The molecule has 5 nitrogen and oxygen atoms in total. The average Bonchev–Trinajstić information content (AvgIpc) is 3.04. The lowest BCUT2D eigenvalue weighted by atomic mass is 10.2. The first kappa shape index (κ1) is 9.72. The largest absolute Gasteiger partial charge is 0.272 e. The molecule has 1 aliphatic carbocycles. The first-order valence-electron chi connectivity index (χ1n) is 5.13. The Bertz CT molecular complexity index is 466. The van der Waals surface area contributed by atoms with Gasteiger partial charge in [0, 0.05) is 0 Å². The van der Waals surface area contributed by atoms with Crippen LogP contribution in [0, 0.1) is 5.92 Å². The Morgan fingerprint density at radius 2 is 2.12 bits per heavy atom. The molecule has 1 amide bonds. The molecule has 0 atom stereocenters. The molecule has 0 unspecified atom stereocenters. The average molecular weight is 237 g/mol. The molecule has 1 saturated carbocycles. The number of hydrazone groups is 1. The Morgan fingerprint density at radius 3 is 2.75 bits per heavy atom. The second kappa shape index (κ2) is 3.52. The molecule has 1 fully saturated rings. The molecule has 82 valence electrons. The number of amides is 1. The second-order valence-electron chi connectivity index (χ2n) is 3.96. The number of aromatic nitrogens is 2. The fourth-order valence-corrected chi connectivity index (χ4v) is 1.79. The summed E-state index contributed by atoms with van der Waals surface area (Å²) in [5.41, 5.74) is 0.974. The summed E-state index contributed by atoms with van der Waals surface area (Å²) in [6, 6.07) is 3.24. The third-order valence-corrected chi connectivity index (χ3v) is 2.88. The fourth-order valence-electron chi connectivity index (χ4n) is 1.69. The maximum Gasteiger partial charge on any atom is 0.254 e. The number of carbonyl (C=O) groups is 1. The topological polar surface area (TPSA) is 58.5 Å². The van der Waals surface area contributed by atoms with Gasteiger partial charge >= 0.3 is 0 Å². The SMILES string of the molecule is O=C1CC(C2CC2)=NN1c1ccc(Cl)nn1. The van der Waals surface area contributed by atoms with E-state index in [4.69, 9.17) is 11.6 Å². The standard InChI is InChI=1S/C10H9ClN4O/c11-8-3-4-9(13-12-8)15-10(16)5-7(14-15)6-1-2-6/h3-4,6H,1-2,5H2. The number of hydrogen-bond acceptors (Lipinski definition) is 4. The van der Waals surface area contributed by atoms with Gasteiger partial charge in [-0.15, -0.1) is 10.2 Å². The van der Waals surface area contributed by atoms with Gasteiger partial charge in [-0.3, -0.25) is 4.79 Å². The van der Waals surface area contributed by atoms with Crippen LogP contribution in [0.25, 0.3) is 0 Å². The van der Waals surface area contributed by atoms with Gasteiger partial charge in [0.05, 0.1) is 12.1 Å². The minimum Gasteiger partial charge on any atom is -0.272 e. The Labute approximate surface area is 97.1 Å². The first-order valence-corrected chi connectivity index (χ1v) is 5.51. The summed E-state index contributed by atoms with van der Waals surface area (Å²) in [5.74, 6) is 0.901. The molecule has 0 spiro atoms. The van der Waals surface area contributed by atoms with E-state index in [1.54, 1.807) is 12.1 Å². The predicted molar refractivity (Wildman–Crippen MR) is 59.3 cm³/mol. The molecule has 1 aliphatic heterocycles. The number of halogens is 1. The van der Waals surface area contributed by atoms with Crippen molar-refractivity contribution >= 4 is 29.0 Å². The number of carbonyl (C=O) groups excluding carboxylic acids is 1. The number of anilines is 1. The van der Waals surface area contributed by atoms with Crippen LogP contribution in [0.4, 0.5) is 5.82 Å². The zero-order valence-electron chi connectivity index (χ0n) is 8.43. The van der Waals surface area contributed by atoms with Gasteiger partial charge in [0.1, 0.15) is 0 Å². The quantitative estimate of drug-likeness (QED) is 0.784. The molecule has 1 aromatic heterocycles. The molecule has 0 N–H and O–H groups in total. The Morgan fingerprint density at radius 1 is 1.31 bits per heavy atom. The van der Waals surface area contributed by atoms with Crippen LogP contribution < -0.4 is 5.01 Å². The van der Waals surface area contributed by atoms with E-state index in [9.17, 15) is 4.79 Å². The number of nitrogens with zero attached hydrogens (tertiary/aromatic N) is 4. The van der Waals surface area contributed by atoms with Crippen molar-refractivity contribution in [1.29, 1.82) is 0 Å². The van der Waals surface area contributed by atoms with Gasteiger partial charge in [-0.2, -0.15) is 10.1 Å². The van der Waals surface area contributed by atoms with E-state index in [2.05, 4.69) is 15.3 Å². The van der Waals surface area contributed by atoms with E-state index in [0.717, 1.165) is 18.6 Å². The molecule has 2 heterocycles. The lowest BCUT2D eigenvalue weighted by molar-refractivity contribution is -0.117. The predicted octanol–water partition coefficient (Wildman–Crippen LogP) is 1.63. The molecule has 0 aromatic carbocycles. The van der Waals surface area contributed by atoms with Crippen LogP contribution in [0.3, 0.4) is 0 Å². The van der Waals surface area contributed by atoms with Crippen LogP contribution in [0.1, 0.15) is 19.3 Å². The van der Waals surface area contributed by atoms with Gasteiger partial charge in [0.15, 0.2) is 11.0 Å². The summed E-state index contributed by atoms with van der Waals surface area (Å²) >= 11 is 5.63. The van der Waals surface area contributed by atoms with Crippen LogP contribution in [0.15, 0.2) is 17.2 Å². The molecular weight excluding hydrogens is 228 g/mol. The van der Waals surface area contributed by atoms with Crippen LogP contribution in [0.2, 0.25) is 5.15 Å². The highest BCUT2D eigenvalue weighted by Gasteiger charge is 2.36. The Balaban J connectivity index is 1.88. The minimum absolute atomic E-state index is 0.0430. The van der Waals surface area contributed by atoms with Crippen molar-refractivity contribution in [2.24, 2.45) is 11.0 Å². The van der Waals surface area contributed by atoms with Gasteiger partial charge in [0.2, 0.25) is 0 Å². The molecule has 0 bridgehead atoms. The summed E-state index contributed by atoms with van der Waals surface area (Å²) in [7, 11) is 0. The summed E-state index contributed by atoms with van der Waals surface area (Å²) in [4.78, 5) is 11.7. The van der Waals surface area contributed by atoms with E-state index in [0.29, 0.717) is 23.3 Å². The second-order valence-corrected chi connectivity index (χ2v) is 4.35. The molecule has 0 radical (unpaired) electrons. The van der Waals surface area contributed by atoms with Crippen molar-refractivity contribution in [3.8, 4) is 0 Å². The van der Waals surface area contributed by atoms with Crippen LogP contribution in [0.5, 0.6) is 0 Å². The number of rotatable bonds is 2. The third kappa shape index (κ3) is 1.67. The van der Waals surface area contributed by atoms with E-state index < -0.39 is 0 Å². The van der Waals surface area contributed by atoms with Crippen molar-refractivity contribution in [1.82, 2.24) is 10.2 Å². The van der Waals surface area contributed by atoms with Crippen LogP contribution in [-0.2, 0) is 4.79 Å². The van der Waals surface area contributed by atoms with Crippen molar-refractivity contribution in [2.75, 3.05) is 5.01 Å². The van der Waals surface area contributed by atoms with Crippen LogP contribution >= 0.6 is 11.6 Å². The van der Waals surface area contributed by atoms with Gasteiger partial charge in [0.25, 0.3) is 5.91 Å². The van der Waals surface area contributed by atoms with E-state index in [1.807, 2.05) is 0 Å². The highest BCUT2D eigenvalue weighted by atomic mass is 35.5. The van der Waals surface area contributed by atoms with E-state index in [1.165, 1.54) is 5.01 Å². The maximum atomic E-state index is 11.7. The van der Waals surface area contributed by atoms with Crippen molar-refractivity contribution in [3.63, 3.8) is 0 Å². The smallest absolute Gasteiger partial charge is 0.254 e. The van der Waals surface area contributed by atoms with E-state index in [-0.39, 0.29) is 5.91 Å². The molecule has 0 saturated heterocycles. The summed E-state index contributed by atoms with van der Waals surface area (Å²) < 4.78 is 0.